The highest BCUT2D eigenvalue weighted by Gasteiger charge is 2.59. The summed E-state index contributed by atoms with van der Waals surface area (Å²) in [4.78, 5) is 0. The Morgan fingerprint density at radius 1 is 1.50 bits per heavy atom. The van der Waals surface area contributed by atoms with Gasteiger partial charge in [0.25, 0.3) is 0 Å². The molecule has 1 fully saturated rings. The van der Waals surface area contributed by atoms with E-state index in [-0.39, 0.29) is 0 Å². The predicted octanol–water partition coefficient (Wildman–Crippen LogP) is 2.67. The third kappa shape index (κ3) is 0.832. The highest BCUT2D eigenvalue weighted by Crippen LogP contribution is 2.59. The van der Waals surface area contributed by atoms with Gasteiger partial charge >= 0.3 is 0 Å². The fourth-order valence-electron chi connectivity index (χ4n) is 0.797. The Kier molecular flexibility index (Phi) is 1.69. The van der Waals surface area contributed by atoms with Crippen LogP contribution in [0, 0.1) is 11.8 Å². The molecule has 1 aliphatic rings. The van der Waals surface area contributed by atoms with E-state index in [9.17, 15) is 0 Å². The number of rotatable bonds is 1. The van der Waals surface area contributed by atoms with Gasteiger partial charge in [0.2, 0.25) is 0 Å². The van der Waals surface area contributed by atoms with Crippen LogP contribution in [0.2, 0.25) is 0 Å². The molecule has 8 heavy (non-hydrogen) atoms. The normalized spacial score (nSPS) is 42.0. The summed E-state index contributed by atoms with van der Waals surface area (Å²) in [5.74, 6) is 1.27. The number of hydrogen-bond acceptors (Lipinski definition) is 0. The number of halogens is 3. The lowest BCUT2D eigenvalue weighted by molar-refractivity contribution is 0.841. The predicted molar refractivity (Wildman–Crippen MR) is 37.8 cm³/mol. The largest absolute Gasteiger partial charge is 0.126 e. The van der Waals surface area contributed by atoms with Crippen molar-refractivity contribution < 1.29 is 0 Å². The lowest BCUT2D eigenvalue weighted by Crippen LogP contribution is -1.89. The van der Waals surface area contributed by atoms with Gasteiger partial charge in [-0.3, -0.25) is 0 Å². The van der Waals surface area contributed by atoms with Crippen molar-refractivity contribution in [1.29, 1.82) is 0 Å². The molecule has 0 heterocycles. The second-order valence-corrected chi connectivity index (χ2v) is 3.98. The number of alkyl halides is 3. The van der Waals surface area contributed by atoms with Crippen molar-refractivity contribution in [3.8, 4) is 0 Å². The first kappa shape index (κ1) is 6.98. The maximum atomic E-state index is 5.74. The van der Waals surface area contributed by atoms with Gasteiger partial charge in [-0.15, -0.1) is 34.8 Å². The molecule has 2 unspecified atom stereocenters. The summed E-state index contributed by atoms with van der Waals surface area (Å²) >= 11 is 17.0. The summed E-state index contributed by atoms with van der Waals surface area (Å²) in [6.07, 6.45) is 0. The lowest BCUT2D eigenvalue weighted by atomic mass is 10.4. The Hall–Kier alpha value is 0.870. The molecule has 2 atom stereocenters. The smallest absolute Gasteiger partial charge is 0.125 e. The molecule has 0 aromatic heterocycles. The second-order valence-electron chi connectivity index (χ2n) is 2.22. The van der Waals surface area contributed by atoms with Crippen LogP contribution in [0.15, 0.2) is 0 Å². The van der Waals surface area contributed by atoms with E-state index in [0.29, 0.717) is 17.7 Å². The van der Waals surface area contributed by atoms with Crippen molar-refractivity contribution in [2.45, 2.75) is 11.3 Å². The van der Waals surface area contributed by atoms with Crippen molar-refractivity contribution in [3.63, 3.8) is 0 Å². The molecular weight excluding hydrogens is 166 g/mol. The molecular formula is C5H7Cl3. The third-order valence-electron chi connectivity index (χ3n) is 1.76. The number of hydrogen-bond donors (Lipinski definition) is 0. The van der Waals surface area contributed by atoms with Gasteiger partial charge in [-0.1, -0.05) is 6.92 Å². The maximum absolute atomic E-state index is 5.74. The Morgan fingerprint density at radius 3 is 1.88 bits per heavy atom. The second kappa shape index (κ2) is 1.93. The highest BCUT2D eigenvalue weighted by molar-refractivity contribution is 6.51. The zero-order valence-corrected chi connectivity index (χ0v) is 6.76. The monoisotopic (exact) mass is 172 g/mol. The van der Waals surface area contributed by atoms with Gasteiger partial charge in [0, 0.05) is 11.8 Å². The highest BCUT2D eigenvalue weighted by atomic mass is 35.5. The van der Waals surface area contributed by atoms with Gasteiger partial charge < -0.3 is 0 Å². The molecule has 0 spiro atoms. The van der Waals surface area contributed by atoms with E-state index < -0.39 is 4.33 Å². The van der Waals surface area contributed by atoms with E-state index in [1.54, 1.807) is 0 Å². The Morgan fingerprint density at radius 2 is 1.88 bits per heavy atom. The Balaban J connectivity index is 2.45. The molecule has 1 aliphatic carbocycles. The Labute approximate surface area is 64.1 Å². The lowest BCUT2D eigenvalue weighted by Gasteiger charge is -1.89. The topological polar surface area (TPSA) is 0 Å². The molecule has 1 saturated carbocycles. The van der Waals surface area contributed by atoms with Gasteiger partial charge in [0.15, 0.2) is 0 Å². The molecule has 0 radical (unpaired) electrons. The summed E-state index contributed by atoms with van der Waals surface area (Å²) in [6, 6.07) is 0. The molecule has 1 rings (SSSR count). The molecule has 48 valence electrons. The van der Waals surface area contributed by atoms with Crippen molar-refractivity contribution >= 4 is 34.8 Å². The van der Waals surface area contributed by atoms with Crippen LogP contribution in [0.5, 0.6) is 0 Å². The first-order chi connectivity index (χ1) is 3.60. The van der Waals surface area contributed by atoms with E-state index in [1.807, 2.05) is 6.92 Å². The molecule has 0 saturated heterocycles. The van der Waals surface area contributed by atoms with E-state index in [1.165, 1.54) is 0 Å². The first-order valence-electron chi connectivity index (χ1n) is 2.54. The molecule has 0 aliphatic heterocycles. The van der Waals surface area contributed by atoms with Crippen LogP contribution in [-0.2, 0) is 0 Å². The molecule has 0 aromatic carbocycles. The molecule has 0 nitrogen and oxygen atoms in total. The summed E-state index contributed by atoms with van der Waals surface area (Å²) in [7, 11) is 0. The SMILES string of the molecule is CC1C(CCl)C1(Cl)Cl. The molecule has 0 aromatic rings. The van der Waals surface area contributed by atoms with E-state index in [4.69, 9.17) is 34.8 Å². The fraction of sp³-hybridized carbons (Fsp3) is 1.00. The summed E-state index contributed by atoms with van der Waals surface area (Å²) in [6.45, 7) is 2.01. The van der Waals surface area contributed by atoms with Crippen LogP contribution < -0.4 is 0 Å². The van der Waals surface area contributed by atoms with Crippen LogP contribution >= 0.6 is 34.8 Å². The molecule has 0 N–H and O–H groups in total. The van der Waals surface area contributed by atoms with Crippen LogP contribution in [0.1, 0.15) is 6.92 Å². The minimum atomic E-state index is -0.512. The first-order valence-corrected chi connectivity index (χ1v) is 3.83. The minimum absolute atomic E-state index is 0.312. The van der Waals surface area contributed by atoms with Gasteiger partial charge in [-0.05, 0) is 5.92 Å². The fourth-order valence-corrected chi connectivity index (χ4v) is 2.18. The van der Waals surface area contributed by atoms with Crippen molar-refractivity contribution in [2.75, 3.05) is 5.88 Å². The zero-order chi connectivity index (χ0) is 6.36. The Bertz CT molecular complexity index is 99.8. The maximum Gasteiger partial charge on any atom is 0.125 e. The van der Waals surface area contributed by atoms with Gasteiger partial charge in [-0.25, -0.2) is 0 Å². The molecule has 3 heteroatoms. The van der Waals surface area contributed by atoms with E-state index in [0.717, 1.165) is 0 Å². The average Bonchev–Trinajstić information content (AvgIpc) is 2.09. The van der Waals surface area contributed by atoms with Crippen molar-refractivity contribution in [2.24, 2.45) is 11.8 Å². The van der Waals surface area contributed by atoms with E-state index >= 15 is 0 Å². The minimum Gasteiger partial charge on any atom is -0.126 e. The standard InChI is InChI=1S/C5H7Cl3/c1-3-4(2-6)5(3,7)8/h3-4H,2H2,1H3. The van der Waals surface area contributed by atoms with Gasteiger partial charge in [0.1, 0.15) is 4.33 Å². The van der Waals surface area contributed by atoms with Crippen LogP contribution in [0.4, 0.5) is 0 Å². The summed E-state index contributed by atoms with van der Waals surface area (Å²) < 4.78 is -0.512. The van der Waals surface area contributed by atoms with Gasteiger partial charge in [-0.2, -0.15) is 0 Å². The third-order valence-corrected chi connectivity index (χ3v) is 3.34. The summed E-state index contributed by atoms with van der Waals surface area (Å²) in [5, 5.41) is 0. The van der Waals surface area contributed by atoms with Crippen LogP contribution in [0.3, 0.4) is 0 Å². The van der Waals surface area contributed by atoms with Crippen LogP contribution in [-0.4, -0.2) is 10.2 Å². The average molecular weight is 173 g/mol. The van der Waals surface area contributed by atoms with E-state index in [2.05, 4.69) is 0 Å². The molecule has 0 bridgehead atoms. The van der Waals surface area contributed by atoms with Crippen molar-refractivity contribution in [1.82, 2.24) is 0 Å². The van der Waals surface area contributed by atoms with Gasteiger partial charge in [0.05, 0.1) is 0 Å². The molecule has 0 amide bonds. The van der Waals surface area contributed by atoms with Crippen LogP contribution in [0.25, 0.3) is 0 Å². The quantitative estimate of drug-likeness (QED) is 0.535. The summed E-state index contributed by atoms with van der Waals surface area (Å²) in [5.41, 5.74) is 0. The zero-order valence-electron chi connectivity index (χ0n) is 4.50. The van der Waals surface area contributed by atoms with Crippen molar-refractivity contribution in [3.05, 3.63) is 0 Å².